The molecule has 0 spiro atoms. The average molecular weight is 246 g/mol. The molecule has 0 aliphatic rings. The third-order valence-electron chi connectivity index (χ3n) is 3.31. The lowest BCUT2D eigenvalue weighted by Crippen LogP contribution is -2.11. The van der Waals surface area contributed by atoms with E-state index in [1.165, 1.54) is 11.1 Å². The highest BCUT2D eigenvalue weighted by atomic mass is 16.5. The first kappa shape index (κ1) is 15.0. The predicted octanol–water partition coefficient (Wildman–Crippen LogP) is 5.03. The molecular formula is C17H26O. The van der Waals surface area contributed by atoms with Gasteiger partial charge in [0.2, 0.25) is 0 Å². The van der Waals surface area contributed by atoms with Crippen LogP contribution in [0, 0.1) is 0 Å². The maximum absolute atomic E-state index is 5.57. The van der Waals surface area contributed by atoms with Crippen LogP contribution in [-0.2, 0) is 10.2 Å². The Bertz CT molecular complexity index is 356. The predicted molar refractivity (Wildman–Crippen MR) is 78.9 cm³/mol. The Kier molecular flexibility index (Phi) is 5.61. The van der Waals surface area contributed by atoms with Crippen molar-refractivity contribution < 1.29 is 4.74 Å². The van der Waals surface area contributed by atoms with Gasteiger partial charge in [-0.3, -0.25) is 0 Å². The minimum absolute atomic E-state index is 0.207. The fourth-order valence-electron chi connectivity index (χ4n) is 2.07. The Hall–Kier alpha value is -1.08. The second-order valence-electron chi connectivity index (χ2n) is 5.82. The fourth-order valence-corrected chi connectivity index (χ4v) is 2.07. The van der Waals surface area contributed by atoms with Gasteiger partial charge in [0.05, 0.1) is 6.10 Å². The first-order valence-electron chi connectivity index (χ1n) is 6.73. The van der Waals surface area contributed by atoms with Crippen molar-refractivity contribution >= 4 is 0 Å². The van der Waals surface area contributed by atoms with Crippen LogP contribution in [0.5, 0.6) is 0 Å². The summed E-state index contributed by atoms with van der Waals surface area (Å²) in [6.07, 6.45) is 5.41. The number of hydrogen-bond acceptors (Lipinski definition) is 1. The van der Waals surface area contributed by atoms with Crippen molar-refractivity contribution in [3.8, 4) is 0 Å². The lowest BCUT2D eigenvalue weighted by atomic mass is 9.86. The maximum Gasteiger partial charge on any atom is 0.0821 e. The van der Waals surface area contributed by atoms with E-state index < -0.39 is 0 Å². The summed E-state index contributed by atoms with van der Waals surface area (Å²) in [5.74, 6) is 0. The zero-order chi connectivity index (χ0) is 13.6. The lowest BCUT2D eigenvalue weighted by molar-refractivity contribution is 0.0940. The van der Waals surface area contributed by atoms with Crippen LogP contribution in [0.2, 0.25) is 0 Å². The zero-order valence-electron chi connectivity index (χ0n) is 12.2. The maximum atomic E-state index is 5.57. The molecule has 1 nitrogen and oxygen atoms in total. The molecule has 18 heavy (non-hydrogen) atoms. The molecule has 0 heterocycles. The van der Waals surface area contributed by atoms with Crippen LogP contribution < -0.4 is 0 Å². The summed E-state index contributed by atoms with van der Waals surface area (Å²) < 4.78 is 5.57. The molecule has 100 valence electrons. The number of benzene rings is 1. The normalized spacial score (nSPS) is 13.3. The molecule has 1 aromatic carbocycles. The number of hydrogen-bond donors (Lipinski definition) is 0. The minimum Gasteiger partial charge on any atom is -0.377 e. The van der Waals surface area contributed by atoms with E-state index in [9.17, 15) is 0 Å². The van der Waals surface area contributed by atoms with Crippen molar-refractivity contribution in [3.63, 3.8) is 0 Å². The van der Waals surface area contributed by atoms with Gasteiger partial charge in [-0.05, 0) is 35.8 Å². The van der Waals surface area contributed by atoms with Gasteiger partial charge in [0.25, 0.3) is 0 Å². The number of ether oxygens (including phenoxy) is 1. The molecular weight excluding hydrogens is 220 g/mol. The molecule has 0 N–H and O–H groups in total. The molecule has 0 aliphatic carbocycles. The zero-order valence-corrected chi connectivity index (χ0v) is 12.2. The molecule has 0 saturated heterocycles. The Labute approximate surface area is 112 Å². The Morgan fingerprint density at radius 3 is 2.28 bits per heavy atom. The lowest BCUT2D eigenvalue weighted by Gasteiger charge is -2.21. The summed E-state index contributed by atoms with van der Waals surface area (Å²) in [6.45, 7) is 10.5. The number of unbranched alkanes of at least 4 members (excludes halogenated alkanes) is 1. The second-order valence-corrected chi connectivity index (χ2v) is 5.82. The summed E-state index contributed by atoms with van der Waals surface area (Å²) in [5, 5.41) is 0. The Balaban J connectivity index is 2.72. The van der Waals surface area contributed by atoms with Crippen molar-refractivity contribution in [2.75, 3.05) is 7.11 Å². The molecule has 0 saturated carbocycles. The van der Waals surface area contributed by atoms with Gasteiger partial charge in [0.1, 0.15) is 0 Å². The van der Waals surface area contributed by atoms with Crippen LogP contribution in [-0.4, -0.2) is 7.11 Å². The third-order valence-corrected chi connectivity index (χ3v) is 3.31. The van der Waals surface area contributed by atoms with Crippen molar-refractivity contribution in [2.45, 2.75) is 51.6 Å². The van der Waals surface area contributed by atoms with Crippen LogP contribution in [0.15, 0.2) is 36.9 Å². The molecule has 0 bridgehead atoms. The SMILES string of the molecule is C=CCCC[C@H](OC)c1ccc(C(C)(C)C)cc1. The number of methoxy groups -OCH3 is 1. The van der Waals surface area contributed by atoms with Gasteiger partial charge in [-0.2, -0.15) is 0 Å². The molecule has 1 atom stereocenters. The van der Waals surface area contributed by atoms with Gasteiger partial charge in [0, 0.05) is 7.11 Å². The van der Waals surface area contributed by atoms with Crippen LogP contribution in [0.3, 0.4) is 0 Å². The third kappa shape index (κ3) is 4.30. The molecule has 0 fully saturated rings. The Morgan fingerprint density at radius 2 is 1.83 bits per heavy atom. The first-order chi connectivity index (χ1) is 8.49. The monoisotopic (exact) mass is 246 g/mol. The second kappa shape index (κ2) is 6.75. The van der Waals surface area contributed by atoms with Crippen molar-refractivity contribution in [3.05, 3.63) is 48.0 Å². The van der Waals surface area contributed by atoms with E-state index in [0.717, 1.165) is 19.3 Å². The summed E-state index contributed by atoms with van der Waals surface area (Å²) in [5.41, 5.74) is 2.85. The van der Waals surface area contributed by atoms with E-state index in [4.69, 9.17) is 4.74 Å². The van der Waals surface area contributed by atoms with E-state index in [1.54, 1.807) is 7.11 Å². The number of allylic oxidation sites excluding steroid dienone is 1. The molecule has 0 amide bonds. The molecule has 0 aliphatic heterocycles. The van der Waals surface area contributed by atoms with Crippen LogP contribution >= 0.6 is 0 Å². The summed E-state index contributed by atoms with van der Waals surface area (Å²) in [6, 6.07) is 8.83. The Morgan fingerprint density at radius 1 is 1.22 bits per heavy atom. The molecule has 0 radical (unpaired) electrons. The van der Waals surface area contributed by atoms with Gasteiger partial charge >= 0.3 is 0 Å². The van der Waals surface area contributed by atoms with E-state index in [-0.39, 0.29) is 11.5 Å². The van der Waals surface area contributed by atoms with Crippen LogP contribution in [0.1, 0.15) is 57.3 Å². The van der Waals surface area contributed by atoms with Crippen molar-refractivity contribution in [1.29, 1.82) is 0 Å². The average Bonchev–Trinajstić information content (AvgIpc) is 2.34. The summed E-state index contributed by atoms with van der Waals surface area (Å²) >= 11 is 0. The summed E-state index contributed by atoms with van der Waals surface area (Å²) in [4.78, 5) is 0. The van der Waals surface area contributed by atoms with E-state index in [0.29, 0.717) is 0 Å². The molecule has 1 heteroatoms. The topological polar surface area (TPSA) is 9.23 Å². The molecule has 1 aromatic rings. The van der Waals surface area contributed by atoms with E-state index in [2.05, 4.69) is 51.6 Å². The van der Waals surface area contributed by atoms with Crippen molar-refractivity contribution in [1.82, 2.24) is 0 Å². The van der Waals surface area contributed by atoms with Gasteiger partial charge in [-0.1, -0.05) is 51.1 Å². The van der Waals surface area contributed by atoms with Gasteiger partial charge < -0.3 is 4.74 Å². The first-order valence-corrected chi connectivity index (χ1v) is 6.73. The standard InChI is InChI=1S/C17H26O/c1-6-7-8-9-16(18-5)14-10-12-15(13-11-14)17(2,3)4/h6,10-13,16H,1,7-9H2,2-5H3/t16-/m0/s1. The quantitative estimate of drug-likeness (QED) is 0.505. The highest BCUT2D eigenvalue weighted by Crippen LogP contribution is 2.27. The van der Waals surface area contributed by atoms with Gasteiger partial charge in [-0.25, -0.2) is 0 Å². The molecule has 0 aromatic heterocycles. The van der Waals surface area contributed by atoms with Crippen LogP contribution in [0.25, 0.3) is 0 Å². The fraction of sp³-hybridized carbons (Fsp3) is 0.529. The smallest absolute Gasteiger partial charge is 0.0821 e. The van der Waals surface area contributed by atoms with Crippen molar-refractivity contribution in [2.24, 2.45) is 0 Å². The molecule has 1 rings (SSSR count). The van der Waals surface area contributed by atoms with Crippen LogP contribution in [0.4, 0.5) is 0 Å². The van der Waals surface area contributed by atoms with E-state index in [1.807, 2.05) is 6.08 Å². The summed E-state index contributed by atoms with van der Waals surface area (Å²) in [7, 11) is 1.79. The number of rotatable bonds is 6. The minimum atomic E-state index is 0.207. The highest BCUT2D eigenvalue weighted by Gasteiger charge is 2.15. The largest absolute Gasteiger partial charge is 0.377 e. The van der Waals surface area contributed by atoms with Gasteiger partial charge in [0.15, 0.2) is 0 Å². The highest BCUT2D eigenvalue weighted by molar-refractivity contribution is 5.28. The van der Waals surface area contributed by atoms with E-state index >= 15 is 0 Å². The van der Waals surface area contributed by atoms with Gasteiger partial charge in [-0.15, -0.1) is 6.58 Å². The molecule has 0 unspecified atom stereocenters.